The number of hydrogen-bond donors (Lipinski definition) is 1. The smallest absolute Gasteiger partial charge is 0.236 e. The third-order valence-electron chi connectivity index (χ3n) is 4.05. The van der Waals surface area contributed by atoms with Crippen LogP contribution in [0, 0.1) is 6.92 Å². The molecule has 0 spiro atoms. The van der Waals surface area contributed by atoms with Gasteiger partial charge in [0.05, 0.1) is 12.7 Å². The van der Waals surface area contributed by atoms with Crippen molar-refractivity contribution in [3.63, 3.8) is 0 Å². The van der Waals surface area contributed by atoms with Crippen LogP contribution in [0.4, 0.5) is 11.6 Å². The zero-order chi connectivity index (χ0) is 17.8. The summed E-state index contributed by atoms with van der Waals surface area (Å²) in [4.78, 5) is 33.5. The Morgan fingerprint density at radius 2 is 2.16 bits per heavy atom. The van der Waals surface area contributed by atoms with Crippen molar-refractivity contribution in [1.29, 1.82) is 0 Å². The molecule has 1 atom stereocenters. The molecular weight excluding hydrogens is 318 g/mol. The minimum absolute atomic E-state index is 0.151. The summed E-state index contributed by atoms with van der Waals surface area (Å²) in [5, 5.41) is 3.16. The number of aryl methyl sites for hydroxylation is 1. The van der Waals surface area contributed by atoms with Gasteiger partial charge in [0.15, 0.2) is 0 Å². The first kappa shape index (κ1) is 17.2. The average molecular weight is 341 g/mol. The molecule has 0 unspecified atom stereocenters. The van der Waals surface area contributed by atoms with Gasteiger partial charge in [-0.1, -0.05) is 0 Å². The minimum Gasteiger partial charge on any atom is -0.341 e. The Labute approximate surface area is 147 Å². The summed E-state index contributed by atoms with van der Waals surface area (Å²) < 4.78 is 0. The number of rotatable bonds is 5. The van der Waals surface area contributed by atoms with E-state index < -0.39 is 0 Å². The van der Waals surface area contributed by atoms with E-state index >= 15 is 0 Å². The number of hydrogen-bond acceptors (Lipinski definition) is 7. The maximum Gasteiger partial charge on any atom is 0.236 e. The predicted molar refractivity (Wildman–Crippen MR) is 94.6 cm³/mol. The lowest BCUT2D eigenvalue weighted by molar-refractivity contribution is -0.130. The zero-order valence-electron chi connectivity index (χ0n) is 14.8. The number of aromatic nitrogens is 4. The number of likely N-dealkylation sites (tertiary alicyclic amines) is 1. The average Bonchev–Trinajstić information content (AvgIpc) is 3.05. The number of amides is 1. The van der Waals surface area contributed by atoms with E-state index in [2.05, 4.69) is 25.3 Å². The molecule has 0 aromatic carbocycles. The van der Waals surface area contributed by atoms with Crippen LogP contribution in [0.5, 0.6) is 0 Å². The lowest BCUT2D eigenvalue weighted by Crippen LogP contribution is -2.36. The number of carbonyl (C=O) groups is 1. The van der Waals surface area contributed by atoms with Crippen LogP contribution in [-0.4, -0.2) is 69.4 Å². The molecule has 2 aromatic heterocycles. The van der Waals surface area contributed by atoms with E-state index in [9.17, 15) is 4.79 Å². The van der Waals surface area contributed by atoms with Gasteiger partial charge in [-0.3, -0.25) is 9.78 Å². The maximum absolute atomic E-state index is 12.2. The first-order valence-corrected chi connectivity index (χ1v) is 8.32. The van der Waals surface area contributed by atoms with E-state index in [0.717, 1.165) is 24.5 Å². The summed E-state index contributed by atoms with van der Waals surface area (Å²) in [5.74, 6) is 2.42. The number of nitrogens with zero attached hydrogens (tertiary/aromatic N) is 6. The van der Waals surface area contributed by atoms with Crippen molar-refractivity contribution in [2.75, 3.05) is 39.0 Å². The Morgan fingerprint density at radius 3 is 2.88 bits per heavy atom. The van der Waals surface area contributed by atoms with Crippen molar-refractivity contribution in [2.45, 2.75) is 19.3 Å². The van der Waals surface area contributed by atoms with Crippen LogP contribution in [0.25, 0.3) is 0 Å². The molecule has 1 aliphatic heterocycles. The van der Waals surface area contributed by atoms with E-state index in [-0.39, 0.29) is 11.8 Å². The van der Waals surface area contributed by atoms with Gasteiger partial charge < -0.3 is 15.1 Å². The van der Waals surface area contributed by atoms with E-state index in [0.29, 0.717) is 24.7 Å². The Balaban J connectivity index is 1.71. The minimum atomic E-state index is 0.151. The fourth-order valence-electron chi connectivity index (χ4n) is 2.90. The van der Waals surface area contributed by atoms with Gasteiger partial charge in [-0.25, -0.2) is 15.0 Å². The van der Waals surface area contributed by atoms with Crippen LogP contribution in [0.3, 0.4) is 0 Å². The molecule has 0 radical (unpaired) electrons. The van der Waals surface area contributed by atoms with Crippen LogP contribution in [0.15, 0.2) is 24.7 Å². The van der Waals surface area contributed by atoms with Gasteiger partial charge in [-0.05, 0) is 27.4 Å². The monoisotopic (exact) mass is 341 g/mol. The largest absolute Gasteiger partial charge is 0.341 e. The van der Waals surface area contributed by atoms with Crippen molar-refractivity contribution in [2.24, 2.45) is 0 Å². The molecule has 1 amide bonds. The zero-order valence-corrected chi connectivity index (χ0v) is 14.8. The van der Waals surface area contributed by atoms with E-state index in [1.54, 1.807) is 18.6 Å². The Hall–Kier alpha value is -2.61. The fourth-order valence-corrected chi connectivity index (χ4v) is 2.90. The summed E-state index contributed by atoms with van der Waals surface area (Å²) >= 11 is 0. The second-order valence-corrected chi connectivity index (χ2v) is 6.53. The number of likely N-dealkylation sites (N-methyl/N-ethyl adjacent to an activating group) is 1. The quantitative estimate of drug-likeness (QED) is 0.874. The molecule has 1 fully saturated rings. The Bertz CT molecular complexity index is 735. The maximum atomic E-state index is 12.2. The van der Waals surface area contributed by atoms with Gasteiger partial charge in [0, 0.05) is 43.2 Å². The van der Waals surface area contributed by atoms with E-state index in [4.69, 9.17) is 0 Å². The molecule has 8 nitrogen and oxygen atoms in total. The molecule has 1 N–H and O–H groups in total. The molecule has 25 heavy (non-hydrogen) atoms. The lowest BCUT2D eigenvalue weighted by atomic mass is 10.1. The van der Waals surface area contributed by atoms with Crippen LogP contribution >= 0.6 is 0 Å². The summed E-state index contributed by atoms with van der Waals surface area (Å²) in [6, 6.07) is 1.88. The molecule has 132 valence electrons. The highest BCUT2D eigenvalue weighted by Crippen LogP contribution is 2.26. The normalized spacial score (nSPS) is 17.1. The molecule has 3 heterocycles. The van der Waals surface area contributed by atoms with Crippen molar-refractivity contribution < 1.29 is 4.79 Å². The third-order valence-corrected chi connectivity index (χ3v) is 4.05. The van der Waals surface area contributed by atoms with Gasteiger partial charge in [0.2, 0.25) is 5.91 Å². The standard InChI is InChI=1S/C17H23N7O/c1-12-8-14(21-15-9-18-5-6-19-15)22-17(20-12)13-4-7-24(10-13)16(25)11-23(2)3/h5-6,8-9,13H,4,7,10-11H2,1-3H3,(H,19,20,21,22)/t13-/m0/s1. The summed E-state index contributed by atoms with van der Waals surface area (Å²) in [5.41, 5.74) is 0.884. The first-order valence-electron chi connectivity index (χ1n) is 8.32. The molecule has 2 aromatic rings. The van der Waals surface area contributed by atoms with Crippen LogP contribution in [-0.2, 0) is 4.79 Å². The molecule has 3 rings (SSSR count). The highest BCUT2D eigenvalue weighted by molar-refractivity contribution is 5.78. The lowest BCUT2D eigenvalue weighted by Gasteiger charge is -2.19. The van der Waals surface area contributed by atoms with E-state index in [1.165, 1.54) is 0 Å². The van der Waals surface area contributed by atoms with Crippen molar-refractivity contribution >= 4 is 17.5 Å². The highest BCUT2D eigenvalue weighted by atomic mass is 16.2. The van der Waals surface area contributed by atoms with E-state index in [1.807, 2.05) is 36.9 Å². The summed E-state index contributed by atoms with van der Waals surface area (Å²) in [7, 11) is 3.80. The second kappa shape index (κ2) is 7.52. The van der Waals surface area contributed by atoms with Gasteiger partial charge in [0.1, 0.15) is 17.5 Å². The molecule has 0 bridgehead atoms. The van der Waals surface area contributed by atoms with Gasteiger partial charge in [-0.15, -0.1) is 0 Å². The second-order valence-electron chi connectivity index (χ2n) is 6.53. The molecule has 8 heteroatoms. The predicted octanol–water partition coefficient (Wildman–Crippen LogP) is 1.20. The first-order chi connectivity index (χ1) is 12.0. The molecular formula is C17H23N7O. The van der Waals surface area contributed by atoms with Crippen molar-refractivity contribution in [3.05, 3.63) is 36.2 Å². The van der Waals surface area contributed by atoms with Crippen LogP contribution < -0.4 is 5.32 Å². The van der Waals surface area contributed by atoms with Gasteiger partial charge in [0.25, 0.3) is 0 Å². The van der Waals surface area contributed by atoms with Crippen LogP contribution in [0.1, 0.15) is 23.9 Å². The van der Waals surface area contributed by atoms with Crippen LogP contribution in [0.2, 0.25) is 0 Å². The molecule has 1 saturated heterocycles. The number of carbonyl (C=O) groups excluding carboxylic acids is 1. The number of nitrogens with one attached hydrogen (secondary N) is 1. The van der Waals surface area contributed by atoms with Crippen molar-refractivity contribution in [1.82, 2.24) is 29.7 Å². The van der Waals surface area contributed by atoms with Gasteiger partial charge >= 0.3 is 0 Å². The third kappa shape index (κ3) is 4.48. The number of anilines is 2. The Morgan fingerprint density at radius 1 is 1.32 bits per heavy atom. The SMILES string of the molecule is Cc1cc(Nc2cnccn2)nc([C@H]2CCN(C(=O)CN(C)C)C2)n1. The summed E-state index contributed by atoms with van der Waals surface area (Å²) in [6.45, 7) is 3.79. The van der Waals surface area contributed by atoms with Gasteiger partial charge in [-0.2, -0.15) is 0 Å². The topological polar surface area (TPSA) is 87.1 Å². The molecule has 1 aliphatic rings. The fraction of sp³-hybridized carbons (Fsp3) is 0.471. The Kier molecular flexibility index (Phi) is 5.18. The molecule has 0 aliphatic carbocycles. The highest BCUT2D eigenvalue weighted by Gasteiger charge is 2.29. The van der Waals surface area contributed by atoms with Crippen molar-refractivity contribution in [3.8, 4) is 0 Å². The summed E-state index contributed by atoms with van der Waals surface area (Å²) in [6.07, 6.45) is 5.78. The molecule has 0 saturated carbocycles.